The van der Waals surface area contributed by atoms with Gasteiger partial charge >= 0.3 is 0 Å². The molecule has 13 heavy (non-hydrogen) atoms. The summed E-state index contributed by atoms with van der Waals surface area (Å²) in [5.41, 5.74) is 0.827. The van der Waals surface area contributed by atoms with Crippen molar-refractivity contribution >= 4 is 11.6 Å². The molecule has 0 amide bonds. The molecule has 0 aliphatic carbocycles. The van der Waals surface area contributed by atoms with Crippen molar-refractivity contribution in [2.24, 2.45) is 0 Å². The molecule has 0 spiro atoms. The van der Waals surface area contributed by atoms with E-state index in [9.17, 15) is 4.39 Å². The Labute approximate surface area is 81.1 Å². The van der Waals surface area contributed by atoms with Gasteiger partial charge < -0.3 is 0 Å². The summed E-state index contributed by atoms with van der Waals surface area (Å²) in [6, 6.07) is 6.08. The molecule has 1 aromatic carbocycles. The van der Waals surface area contributed by atoms with E-state index in [2.05, 4.69) is 6.58 Å². The van der Waals surface area contributed by atoms with Gasteiger partial charge in [0.2, 0.25) is 0 Å². The summed E-state index contributed by atoms with van der Waals surface area (Å²) in [7, 11) is 0. The lowest BCUT2D eigenvalue weighted by atomic mass is 10.1. The van der Waals surface area contributed by atoms with Gasteiger partial charge in [-0.05, 0) is 17.7 Å². The molecular weight excluding hydrogens is 189 g/mol. The van der Waals surface area contributed by atoms with Crippen LogP contribution in [0.2, 0.25) is 0 Å². The topological polar surface area (TPSA) is 23.8 Å². The zero-order chi connectivity index (χ0) is 9.84. The van der Waals surface area contributed by atoms with E-state index in [-0.39, 0.29) is 5.56 Å². The molecule has 1 rings (SSSR count). The van der Waals surface area contributed by atoms with Gasteiger partial charge in [-0.2, -0.15) is 5.26 Å². The van der Waals surface area contributed by atoms with E-state index in [1.807, 2.05) is 0 Å². The van der Waals surface area contributed by atoms with Gasteiger partial charge in [-0.3, -0.25) is 0 Å². The van der Waals surface area contributed by atoms with Crippen LogP contribution in [0.1, 0.15) is 11.1 Å². The molecule has 0 bridgehead atoms. The van der Waals surface area contributed by atoms with Gasteiger partial charge in [0, 0.05) is 11.5 Å². The van der Waals surface area contributed by atoms with E-state index >= 15 is 0 Å². The van der Waals surface area contributed by atoms with Crippen LogP contribution in [0.15, 0.2) is 29.8 Å². The number of nitrogens with zero attached hydrogens (tertiary/aromatic N) is 1. The van der Waals surface area contributed by atoms with Gasteiger partial charge in [0.15, 0.2) is 0 Å². The summed E-state index contributed by atoms with van der Waals surface area (Å²) in [4.78, 5) is 0. The van der Waals surface area contributed by atoms with Crippen molar-refractivity contribution in [1.82, 2.24) is 0 Å². The molecule has 0 saturated carbocycles. The minimum Gasteiger partial charge on any atom is -0.206 e. The largest absolute Gasteiger partial charge is 0.206 e. The van der Waals surface area contributed by atoms with Crippen molar-refractivity contribution in [3.05, 3.63) is 46.8 Å². The normalized spacial score (nSPS) is 9.31. The average molecular weight is 196 g/mol. The number of allylic oxidation sites excluding steroid dienone is 1. The van der Waals surface area contributed by atoms with E-state index in [0.29, 0.717) is 11.5 Å². The Morgan fingerprint density at radius 1 is 1.62 bits per heavy atom. The Kier molecular flexibility index (Phi) is 3.05. The molecule has 0 fully saturated rings. The van der Waals surface area contributed by atoms with E-state index in [1.165, 1.54) is 12.1 Å². The third kappa shape index (κ3) is 2.57. The van der Waals surface area contributed by atoms with Crippen LogP contribution in [0, 0.1) is 17.1 Å². The first-order chi connectivity index (χ1) is 6.13. The van der Waals surface area contributed by atoms with Crippen molar-refractivity contribution in [3.8, 4) is 6.07 Å². The number of hydrogen-bond donors (Lipinski definition) is 0. The van der Waals surface area contributed by atoms with Gasteiger partial charge in [0.05, 0.1) is 5.56 Å². The maximum atomic E-state index is 12.8. The summed E-state index contributed by atoms with van der Waals surface area (Å²) in [6.07, 6.45) is 0.455. The van der Waals surface area contributed by atoms with Gasteiger partial charge in [-0.15, -0.1) is 0 Å². The third-order valence-corrected chi connectivity index (χ3v) is 1.68. The lowest BCUT2D eigenvalue weighted by molar-refractivity contribution is 0.623. The Morgan fingerprint density at radius 2 is 2.31 bits per heavy atom. The number of rotatable bonds is 2. The third-order valence-electron chi connectivity index (χ3n) is 1.55. The Bertz CT molecular complexity index is 379. The summed E-state index contributed by atoms with van der Waals surface area (Å²) in [5, 5.41) is 9.00. The van der Waals surface area contributed by atoms with Crippen LogP contribution in [0.4, 0.5) is 4.39 Å². The highest BCUT2D eigenvalue weighted by Crippen LogP contribution is 2.13. The van der Waals surface area contributed by atoms with E-state index < -0.39 is 5.82 Å². The highest BCUT2D eigenvalue weighted by Gasteiger charge is 2.02. The summed E-state index contributed by atoms with van der Waals surface area (Å²) in [6.45, 7) is 3.52. The number of halogens is 2. The maximum Gasteiger partial charge on any atom is 0.140 e. The molecule has 0 radical (unpaired) electrons. The smallest absolute Gasteiger partial charge is 0.140 e. The highest BCUT2D eigenvalue weighted by atomic mass is 35.5. The van der Waals surface area contributed by atoms with Crippen LogP contribution in [-0.2, 0) is 6.42 Å². The first-order valence-corrected chi connectivity index (χ1v) is 4.03. The van der Waals surface area contributed by atoms with Crippen molar-refractivity contribution in [3.63, 3.8) is 0 Å². The molecule has 0 saturated heterocycles. The van der Waals surface area contributed by atoms with Gasteiger partial charge in [0.25, 0.3) is 0 Å². The van der Waals surface area contributed by atoms with E-state index in [1.54, 1.807) is 12.1 Å². The highest BCUT2D eigenvalue weighted by molar-refractivity contribution is 6.29. The minimum atomic E-state index is -0.508. The molecule has 0 aliphatic rings. The first-order valence-electron chi connectivity index (χ1n) is 3.65. The van der Waals surface area contributed by atoms with Crippen LogP contribution < -0.4 is 0 Å². The summed E-state index contributed by atoms with van der Waals surface area (Å²) in [5.74, 6) is -0.508. The molecule has 0 heterocycles. The van der Waals surface area contributed by atoms with Crippen LogP contribution in [0.5, 0.6) is 0 Å². The lowest BCUT2D eigenvalue weighted by Gasteiger charge is -1.99. The molecule has 0 aromatic heterocycles. The summed E-state index contributed by atoms with van der Waals surface area (Å²) >= 11 is 5.58. The quantitative estimate of drug-likeness (QED) is 0.712. The fourth-order valence-electron chi connectivity index (χ4n) is 0.990. The molecule has 3 heteroatoms. The minimum absolute atomic E-state index is 0.0374. The number of benzene rings is 1. The van der Waals surface area contributed by atoms with Crippen LogP contribution >= 0.6 is 11.6 Å². The molecule has 0 unspecified atom stereocenters. The van der Waals surface area contributed by atoms with Crippen molar-refractivity contribution in [2.75, 3.05) is 0 Å². The van der Waals surface area contributed by atoms with Crippen LogP contribution in [-0.4, -0.2) is 0 Å². The average Bonchev–Trinajstić information content (AvgIpc) is 2.07. The van der Waals surface area contributed by atoms with Crippen molar-refractivity contribution in [1.29, 1.82) is 5.26 Å². The molecule has 1 aromatic rings. The molecular formula is C10H7ClFN. The van der Waals surface area contributed by atoms with Crippen molar-refractivity contribution < 1.29 is 4.39 Å². The molecule has 66 valence electrons. The van der Waals surface area contributed by atoms with Gasteiger partial charge in [0.1, 0.15) is 11.9 Å². The number of nitriles is 1. The Balaban J connectivity index is 3.01. The van der Waals surface area contributed by atoms with Crippen molar-refractivity contribution in [2.45, 2.75) is 6.42 Å². The second-order valence-electron chi connectivity index (χ2n) is 2.62. The van der Waals surface area contributed by atoms with E-state index in [0.717, 1.165) is 5.56 Å². The molecule has 1 nitrogen and oxygen atoms in total. The predicted molar refractivity (Wildman–Crippen MR) is 49.8 cm³/mol. The monoisotopic (exact) mass is 195 g/mol. The van der Waals surface area contributed by atoms with Gasteiger partial charge in [-0.25, -0.2) is 4.39 Å². The van der Waals surface area contributed by atoms with Crippen LogP contribution in [0.25, 0.3) is 0 Å². The van der Waals surface area contributed by atoms with Gasteiger partial charge in [-0.1, -0.05) is 24.2 Å². The zero-order valence-electron chi connectivity index (χ0n) is 6.85. The maximum absolute atomic E-state index is 12.8. The van der Waals surface area contributed by atoms with E-state index in [4.69, 9.17) is 16.9 Å². The predicted octanol–water partition coefficient (Wildman–Crippen LogP) is 2.99. The molecule has 0 N–H and O–H groups in total. The lowest BCUT2D eigenvalue weighted by Crippen LogP contribution is -1.89. The Hall–Kier alpha value is -1.33. The Morgan fingerprint density at radius 3 is 2.85 bits per heavy atom. The SMILES string of the molecule is C=C(Cl)Cc1ccc(F)c(C#N)c1. The fraction of sp³-hybridized carbons (Fsp3) is 0.100. The number of hydrogen-bond acceptors (Lipinski definition) is 1. The fourth-order valence-corrected chi connectivity index (χ4v) is 1.14. The van der Waals surface area contributed by atoms with Crippen LogP contribution in [0.3, 0.4) is 0 Å². The molecule has 0 atom stereocenters. The standard InChI is InChI=1S/C10H7ClFN/c1-7(11)4-8-2-3-10(12)9(5-8)6-13/h2-3,5H,1,4H2. The second kappa shape index (κ2) is 4.06. The second-order valence-corrected chi connectivity index (χ2v) is 3.15. The first kappa shape index (κ1) is 9.76. The zero-order valence-corrected chi connectivity index (χ0v) is 7.61. The molecule has 0 aliphatic heterocycles. The summed E-state index contributed by atoms with van der Waals surface area (Å²) < 4.78 is 12.8.